The number of fused-ring (bicyclic) bond motifs is 1. The van der Waals surface area contributed by atoms with Crippen LogP contribution in [0.15, 0.2) is 27.7 Å². The number of carbonyl (C=O) groups is 1. The van der Waals surface area contributed by atoms with E-state index in [4.69, 9.17) is 13.9 Å². The molecule has 4 nitrogen and oxygen atoms in total. The highest BCUT2D eigenvalue weighted by Crippen LogP contribution is 2.34. The standard InChI is InChI=1S/C13H14O4S/c1-4-16-12(14)11-9-7-8(15-2)5-6-10(9)17-13(11)18-3/h5-7H,4H2,1-3H3. The third-order valence-electron chi connectivity index (χ3n) is 2.53. The molecule has 0 fully saturated rings. The molecule has 2 aromatic rings. The summed E-state index contributed by atoms with van der Waals surface area (Å²) < 4.78 is 15.8. The van der Waals surface area contributed by atoms with Gasteiger partial charge in [-0.3, -0.25) is 0 Å². The Morgan fingerprint density at radius 3 is 2.83 bits per heavy atom. The van der Waals surface area contributed by atoms with Crippen molar-refractivity contribution in [2.75, 3.05) is 20.0 Å². The fourth-order valence-electron chi connectivity index (χ4n) is 1.72. The third-order valence-corrected chi connectivity index (χ3v) is 3.19. The molecule has 0 amide bonds. The topological polar surface area (TPSA) is 48.7 Å². The second-order valence-electron chi connectivity index (χ2n) is 3.55. The Bertz CT molecular complexity index is 574. The average molecular weight is 266 g/mol. The summed E-state index contributed by atoms with van der Waals surface area (Å²) in [7, 11) is 1.58. The molecule has 0 aliphatic rings. The number of esters is 1. The second-order valence-corrected chi connectivity index (χ2v) is 4.33. The molecule has 96 valence electrons. The van der Waals surface area contributed by atoms with Crippen molar-refractivity contribution in [2.45, 2.75) is 12.0 Å². The van der Waals surface area contributed by atoms with Gasteiger partial charge in [0.05, 0.1) is 13.7 Å². The maximum atomic E-state index is 12.0. The lowest BCUT2D eigenvalue weighted by Gasteiger charge is -2.02. The zero-order valence-electron chi connectivity index (χ0n) is 10.5. The summed E-state index contributed by atoms with van der Waals surface area (Å²) >= 11 is 1.38. The molecule has 5 heteroatoms. The Labute approximate surface area is 109 Å². The normalized spacial score (nSPS) is 10.6. The quantitative estimate of drug-likeness (QED) is 0.627. The van der Waals surface area contributed by atoms with Crippen LogP contribution in [0.1, 0.15) is 17.3 Å². The van der Waals surface area contributed by atoms with Crippen LogP contribution in [-0.2, 0) is 4.74 Å². The second kappa shape index (κ2) is 5.35. The zero-order valence-corrected chi connectivity index (χ0v) is 11.3. The van der Waals surface area contributed by atoms with Crippen molar-refractivity contribution in [2.24, 2.45) is 0 Å². The molecule has 0 aliphatic heterocycles. The number of rotatable bonds is 4. The number of methoxy groups -OCH3 is 1. The highest BCUT2D eigenvalue weighted by Gasteiger charge is 2.21. The monoisotopic (exact) mass is 266 g/mol. The molecule has 0 N–H and O–H groups in total. The van der Waals surface area contributed by atoms with Crippen LogP contribution >= 0.6 is 11.8 Å². The molecule has 0 saturated carbocycles. The van der Waals surface area contributed by atoms with Gasteiger partial charge < -0.3 is 13.9 Å². The highest BCUT2D eigenvalue weighted by atomic mass is 32.2. The van der Waals surface area contributed by atoms with Crippen LogP contribution in [0.4, 0.5) is 0 Å². The number of thioether (sulfide) groups is 1. The van der Waals surface area contributed by atoms with E-state index in [9.17, 15) is 4.79 Å². The van der Waals surface area contributed by atoms with Gasteiger partial charge in [-0.05, 0) is 31.4 Å². The molecule has 0 spiro atoms. The lowest BCUT2D eigenvalue weighted by Crippen LogP contribution is -2.04. The van der Waals surface area contributed by atoms with E-state index >= 15 is 0 Å². The van der Waals surface area contributed by atoms with Crippen LogP contribution in [-0.4, -0.2) is 25.9 Å². The Morgan fingerprint density at radius 2 is 2.22 bits per heavy atom. The summed E-state index contributed by atoms with van der Waals surface area (Å²) in [4.78, 5) is 12.0. The van der Waals surface area contributed by atoms with E-state index in [1.807, 2.05) is 6.26 Å². The summed E-state index contributed by atoms with van der Waals surface area (Å²) in [6.45, 7) is 2.11. The summed E-state index contributed by atoms with van der Waals surface area (Å²) in [5, 5.41) is 1.29. The molecule has 1 aromatic heterocycles. The van der Waals surface area contributed by atoms with E-state index in [-0.39, 0.29) is 5.97 Å². The van der Waals surface area contributed by atoms with Crippen molar-refractivity contribution in [3.8, 4) is 5.75 Å². The lowest BCUT2D eigenvalue weighted by atomic mass is 10.1. The molecule has 18 heavy (non-hydrogen) atoms. The van der Waals surface area contributed by atoms with E-state index in [0.29, 0.717) is 28.6 Å². The fraction of sp³-hybridized carbons (Fsp3) is 0.308. The number of hydrogen-bond acceptors (Lipinski definition) is 5. The molecule has 0 bridgehead atoms. The number of furan rings is 1. The average Bonchev–Trinajstić information content (AvgIpc) is 2.76. The van der Waals surface area contributed by atoms with E-state index in [1.165, 1.54) is 11.8 Å². The Morgan fingerprint density at radius 1 is 1.44 bits per heavy atom. The van der Waals surface area contributed by atoms with Crippen molar-refractivity contribution in [3.63, 3.8) is 0 Å². The minimum Gasteiger partial charge on any atom is -0.497 e. The molecular weight excluding hydrogens is 252 g/mol. The predicted molar refractivity (Wildman–Crippen MR) is 70.5 cm³/mol. The van der Waals surface area contributed by atoms with Crippen LogP contribution in [0.3, 0.4) is 0 Å². The Kier molecular flexibility index (Phi) is 3.81. The molecular formula is C13H14O4S. The van der Waals surface area contributed by atoms with Gasteiger partial charge in [-0.25, -0.2) is 4.79 Å². The largest absolute Gasteiger partial charge is 0.497 e. The van der Waals surface area contributed by atoms with E-state index in [0.717, 1.165) is 5.39 Å². The van der Waals surface area contributed by atoms with Crippen LogP contribution < -0.4 is 4.74 Å². The van der Waals surface area contributed by atoms with Crippen molar-refractivity contribution in [1.82, 2.24) is 0 Å². The molecule has 0 aliphatic carbocycles. The SMILES string of the molecule is CCOC(=O)c1c(SC)oc2ccc(OC)cc12. The van der Waals surface area contributed by atoms with E-state index in [2.05, 4.69) is 0 Å². The van der Waals surface area contributed by atoms with Crippen LogP contribution in [0.2, 0.25) is 0 Å². The summed E-state index contributed by atoms with van der Waals surface area (Å²) in [6, 6.07) is 5.37. The van der Waals surface area contributed by atoms with Gasteiger partial charge in [0.2, 0.25) is 0 Å². The van der Waals surface area contributed by atoms with Gasteiger partial charge in [-0.1, -0.05) is 11.8 Å². The van der Waals surface area contributed by atoms with Gasteiger partial charge in [-0.15, -0.1) is 0 Å². The van der Waals surface area contributed by atoms with Crippen molar-refractivity contribution >= 4 is 28.7 Å². The predicted octanol–water partition coefficient (Wildman–Crippen LogP) is 3.34. The summed E-state index contributed by atoms with van der Waals surface area (Å²) in [5.74, 6) is 0.315. The maximum Gasteiger partial charge on any atom is 0.343 e. The number of benzene rings is 1. The van der Waals surface area contributed by atoms with Crippen LogP contribution in [0.5, 0.6) is 5.75 Å². The van der Waals surface area contributed by atoms with Gasteiger partial charge in [0.1, 0.15) is 16.9 Å². The minimum atomic E-state index is -0.367. The maximum absolute atomic E-state index is 12.0. The van der Waals surface area contributed by atoms with Gasteiger partial charge >= 0.3 is 5.97 Å². The van der Waals surface area contributed by atoms with Crippen LogP contribution in [0, 0.1) is 0 Å². The van der Waals surface area contributed by atoms with E-state index < -0.39 is 0 Å². The Balaban J connectivity index is 2.62. The van der Waals surface area contributed by atoms with Crippen LogP contribution in [0.25, 0.3) is 11.0 Å². The van der Waals surface area contributed by atoms with Gasteiger partial charge in [0.25, 0.3) is 0 Å². The highest BCUT2D eigenvalue weighted by molar-refractivity contribution is 7.98. The van der Waals surface area contributed by atoms with E-state index in [1.54, 1.807) is 32.2 Å². The molecule has 0 radical (unpaired) electrons. The number of ether oxygens (including phenoxy) is 2. The van der Waals surface area contributed by atoms with Gasteiger partial charge in [-0.2, -0.15) is 0 Å². The first-order valence-corrected chi connectivity index (χ1v) is 6.75. The lowest BCUT2D eigenvalue weighted by molar-refractivity contribution is 0.0521. The molecule has 2 rings (SSSR count). The Hall–Kier alpha value is -1.62. The van der Waals surface area contributed by atoms with Crippen molar-refractivity contribution in [1.29, 1.82) is 0 Å². The smallest absolute Gasteiger partial charge is 0.343 e. The molecule has 0 saturated heterocycles. The summed E-state index contributed by atoms with van der Waals surface area (Å²) in [6.07, 6.45) is 1.86. The zero-order chi connectivity index (χ0) is 13.1. The first kappa shape index (κ1) is 12.8. The van der Waals surface area contributed by atoms with Gasteiger partial charge in [0.15, 0.2) is 5.09 Å². The van der Waals surface area contributed by atoms with Crippen molar-refractivity contribution < 1.29 is 18.7 Å². The summed E-state index contributed by atoms with van der Waals surface area (Å²) in [5.41, 5.74) is 1.13. The molecule has 1 aromatic carbocycles. The molecule has 0 atom stereocenters. The molecule has 0 unspecified atom stereocenters. The first-order chi connectivity index (χ1) is 8.71. The fourth-order valence-corrected chi connectivity index (χ4v) is 2.29. The molecule has 1 heterocycles. The number of carbonyl (C=O) groups excluding carboxylic acids is 1. The minimum absolute atomic E-state index is 0.337. The van der Waals surface area contributed by atoms with Gasteiger partial charge in [0, 0.05) is 5.39 Å². The van der Waals surface area contributed by atoms with Crippen molar-refractivity contribution in [3.05, 3.63) is 23.8 Å². The first-order valence-electron chi connectivity index (χ1n) is 5.53. The number of hydrogen-bond donors (Lipinski definition) is 0. The third kappa shape index (κ3) is 2.18.